The first-order valence-corrected chi connectivity index (χ1v) is 7.78. The molecule has 0 aliphatic carbocycles. The number of rotatable bonds is 4. The molecule has 0 radical (unpaired) electrons. The van der Waals surface area contributed by atoms with Gasteiger partial charge < -0.3 is 5.32 Å². The maximum atomic E-state index is 6.18. The van der Waals surface area contributed by atoms with Gasteiger partial charge in [0.25, 0.3) is 0 Å². The van der Waals surface area contributed by atoms with Gasteiger partial charge in [0.05, 0.1) is 10.0 Å². The van der Waals surface area contributed by atoms with Crippen molar-refractivity contribution in [1.82, 2.24) is 10.2 Å². The van der Waals surface area contributed by atoms with Crippen LogP contribution < -0.4 is 5.32 Å². The number of benzene rings is 1. The smallest absolute Gasteiger partial charge is 0.0595 e. The van der Waals surface area contributed by atoms with E-state index in [9.17, 15) is 0 Å². The van der Waals surface area contributed by atoms with Gasteiger partial charge in [0, 0.05) is 32.2 Å². The first-order valence-electron chi connectivity index (χ1n) is 7.03. The molecule has 2 nitrogen and oxygen atoms in total. The molecule has 0 spiro atoms. The number of halogens is 2. The maximum Gasteiger partial charge on any atom is 0.0595 e. The van der Waals surface area contributed by atoms with Crippen molar-refractivity contribution in [2.24, 2.45) is 5.92 Å². The monoisotopic (exact) mass is 300 g/mol. The van der Waals surface area contributed by atoms with Crippen LogP contribution in [0.15, 0.2) is 18.2 Å². The highest BCUT2D eigenvalue weighted by Crippen LogP contribution is 2.34. The van der Waals surface area contributed by atoms with Crippen LogP contribution in [-0.2, 0) is 0 Å². The van der Waals surface area contributed by atoms with Gasteiger partial charge in [-0.25, -0.2) is 0 Å². The largest absolute Gasteiger partial charge is 0.314 e. The van der Waals surface area contributed by atoms with Gasteiger partial charge in [0.2, 0.25) is 0 Å². The zero-order valence-electron chi connectivity index (χ0n) is 11.6. The summed E-state index contributed by atoms with van der Waals surface area (Å²) in [4.78, 5) is 2.56. The Balaban J connectivity index is 2.27. The fourth-order valence-electron chi connectivity index (χ4n) is 2.78. The van der Waals surface area contributed by atoms with Gasteiger partial charge in [-0.3, -0.25) is 4.90 Å². The molecule has 0 saturated carbocycles. The van der Waals surface area contributed by atoms with Crippen LogP contribution in [0.5, 0.6) is 0 Å². The zero-order chi connectivity index (χ0) is 13.8. The lowest BCUT2D eigenvalue weighted by Crippen LogP contribution is -2.46. The minimum Gasteiger partial charge on any atom is -0.314 e. The molecular weight excluding hydrogens is 279 g/mol. The Kier molecular flexibility index (Phi) is 5.52. The summed E-state index contributed by atoms with van der Waals surface area (Å²) in [7, 11) is 0. The van der Waals surface area contributed by atoms with Gasteiger partial charge in [-0.1, -0.05) is 49.5 Å². The Labute approximate surface area is 126 Å². The summed E-state index contributed by atoms with van der Waals surface area (Å²) >= 11 is 12.2. The average molecular weight is 301 g/mol. The van der Waals surface area contributed by atoms with Crippen LogP contribution in [0.2, 0.25) is 10.0 Å². The topological polar surface area (TPSA) is 15.3 Å². The number of hydrogen-bond donors (Lipinski definition) is 1. The predicted octanol–water partition coefficient (Wildman–Crippen LogP) is 3.99. The first kappa shape index (κ1) is 15.1. The highest BCUT2D eigenvalue weighted by molar-refractivity contribution is 6.42. The third-order valence-electron chi connectivity index (χ3n) is 4.01. The quantitative estimate of drug-likeness (QED) is 0.904. The van der Waals surface area contributed by atoms with E-state index in [2.05, 4.69) is 30.1 Å². The van der Waals surface area contributed by atoms with Crippen molar-refractivity contribution in [3.63, 3.8) is 0 Å². The summed E-state index contributed by atoms with van der Waals surface area (Å²) in [6, 6.07) is 6.49. The standard InChI is InChI=1S/C15H22Cl2N2/c1-3-11(2)15(19-8-6-18-7-9-19)12-4-5-13(16)14(17)10-12/h4-5,10-11,15,18H,3,6-9H2,1-2H3/t11?,15-/m1/s1. The molecule has 2 rings (SSSR count). The Morgan fingerprint density at radius 1 is 1.21 bits per heavy atom. The third kappa shape index (κ3) is 3.63. The Morgan fingerprint density at radius 2 is 1.89 bits per heavy atom. The van der Waals surface area contributed by atoms with Crippen LogP contribution in [0.1, 0.15) is 31.9 Å². The highest BCUT2D eigenvalue weighted by Gasteiger charge is 2.26. The fourth-order valence-corrected chi connectivity index (χ4v) is 3.09. The van der Waals surface area contributed by atoms with Crippen molar-refractivity contribution in [3.05, 3.63) is 33.8 Å². The number of hydrogen-bond acceptors (Lipinski definition) is 2. The van der Waals surface area contributed by atoms with Gasteiger partial charge in [0.1, 0.15) is 0 Å². The van der Waals surface area contributed by atoms with E-state index in [0.29, 0.717) is 22.0 Å². The molecule has 1 aromatic carbocycles. The van der Waals surface area contributed by atoms with Crippen LogP contribution in [0.4, 0.5) is 0 Å². The SMILES string of the molecule is CCC(C)[C@H](c1ccc(Cl)c(Cl)c1)N1CCNCC1. The normalized spacial score (nSPS) is 20.2. The summed E-state index contributed by atoms with van der Waals surface area (Å²) in [5.41, 5.74) is 1.28. The van der Waals surface area contributed by atoms with Gasteiger partial charge >= 0.3 is 0 Å². The first-order chi connectivity index (χ1) is 9.13. The number of piperazine rings is 1. The molecule has 4 heteroatoms. The summed E-state index contributed by atoms with van der Waals surface area (Å²) in [6.07, 6.45) is 1.16. The van der Waals surface area contributed by atoms with Gasteiger partial charge in [-0.15, -0.1) is 0 Å². The lowest BCUT2D eigenvalue weighted by Gasteiger charge is -2.38. The Bertz CT molecular complexity index is 417. The second kappa shape index (κ2) is 6.94. The van der Waals surface area contributed by atoms with E-state index in [1.165, 1.54) is 5.56 Å². The van der Waals surface area contributed by atoms with Crippen molar-refractivity contribution in [2.45, 2.75) is 26.3 Å². The molecule has 1 fully saturated rings. The van der Waals surface area contributed by atoms with Crippen LogP contribution in [0.25, 0.3) is 0 Å². The second-order valence-corrected chi connectivity index (χ2v) is 6.10. The summed E-state index contributed by atoms with van der Waals surface area (Å²) < 4.78 is 0. The summed E-state index contributed by atoms with van der Waals surface area (Å²) in [5, 5.41) is 4.70. The lowest BCUT2D eigenvalue weighted by atomic mass is 9.90. The molecule has 19 heavy (non-hydrogen) atoms. The highest BCUT2D eigenvalue weighted by atomic mass is 35.5. The molecule has 1 heterocycles. The summed E-state index contributed by atoms with van der Waals surface area (Å²) in [5.74, 6) is 0.607. The molecule has 1 unspecified atom stereocenters. The number of nitrogens with zero attached hydrogens (tertiary/aromatic N) is 1. The molecule has 1 aliphatic rings. The summed E-state index contributed by atoms with van der Waals surface area (Å²) in [6.45, 7) is 8.87. The molecule has 1 aromatic rings. The molecule has 0 aromatic heterocycles. The van der Waals surface area contributed by atoms with Crippen LogP contribution >= 0.6 is 23.2 Å². The molecule has 0 amide bonds. The molecule has 1 N–H and O–H groups in total. The van der Waals surface area contributed by atoms with Crippen molar-refractivity contribution in [3.8, 4) is 0 Å². The molecule has 2 atom stereocenters. The van der Waals surface area contributed by atoms with E-state index in [4.69, 9.17) is 23.2 Å². The molecule has 0 bridgehead atoms. The minimum absolute atomic E-state index is 0.432. The van der Waals surface area contributed by atoms with E-state index >= 15 is 0 Å². The van der Waals surface area contributed by atoms with Crippen molar-refractivity contribution >= 4 is 23.2 Å². The molecule has 106 valence electrons. The van der Waals surface area contributed by atoms with Crippen molar-refractivity contribution in [2.75, 3.05) is 26.2 Å². The number of nitrogens with one attached hydrogen (secondary N) is 1. The van der Waals surface area contributed by atoms with E-state index in [0.717, 1.165) is 32.6 Å². The average Bonchev–Trinajstić information content (AvgIpc) is 2.44. The zero-order valence-corrected chi connectivity index (χ0v) is 13.1. The van der Waals surface area contributed by atoms with Crippen molar-refractivity contribution < 1.29 is 0 Å². The predicted molar refractivity (Wildman–Crippen MR) is 83.1 cm³/mol. The van der Waals surface area contributed by atoms with Crippen LogP contribution in [0.3, 0.4) is 0 Å². The molecule has 1 aliphatic heterocycles. The minimum atomic E-state index is 0.432. The van der Waals surface area contributed by atoms with E-state index < -0.39 is 0 Å². The van der Waals surface area contributed by atoms with E-state index in [-0.39, 0.29) is 0 Å². The second-order valence-electron chi connectivity index (χ2n) is 5.29. The van der Waals surface area contributed by atoms with Gasteiger partial charge in [-0.2, -0.15) is 0 Å². The van der Waals surface area contributed by atoms with Gasteiger partial charge in [0.15, 0.2) is 0 Å². The molecule has 1 saturated heterocycles. The third-order valence-corrected chi connectivity index (χ3v) is 4.75. The molecular formula is C15H22Cl2N2. The van der Waals surface area contributed by atoms with Crippen LogP contribution in [-0.4, -0.2) is 31.1 Å². The van der Waals surface area contributed by atoms with Crippen LogP contribution in [0, 0.1) is 5.92 Å². The van der Waals surface area contributed by atoms with Crippen molar-refractivity contribution in [1.29, 1.82) is 0 Å². The Hall–Kier alpha value is -0.280. The maximum absolute atomic E-state index is 6.18. The van der Waals surface area contributed by atoms with Gasteiger partial charge in [-0.05, 0) is 23.6 Å². The Morgan fingerprint density at radius 3 is 2.47 bits per heavy atom. The van der Waals surface area contributed by atoms with E-state index in [1.807, 2.05) is 12.1 Å². The van der Waals surface area contributed by atoms with E-state index in [1.54, 1.807) is 0 Å². The lowest BCUT2D eigenvalue weighted by molar-refractivity contribution is 0.128. The fraction of sp³-hybridized carbons (Fsp3) is 0.600.